The molecule has 0 aromatic heterocycles. The summed E-state index contributed by atoms with van der Waals surface area (Å²) in [4.78, 5) is 0. The molecule has 0 aliphatic heterocycles. The molecule has 1 aliphatic rings. The zero-order valence-corrected chi connectivity index (χ0v) is 14.4. The number of unbranched alkanes of at least 4 members (excludes halogenated alkanes) is 6. The minimum Gasteiger partial charge on any atom is -0.0880 e. The average Bonchev–Trinajstić information content (AvgIpc) is 2.42. The van der Waals surface area contributed by atoms with Gasteiger partial charge in [-0.25, -0.2) is 0 Å². The van der Waals surface area contributed by atoms with Gasteiger partial charge in [-0.2, -0.15) is 0 Å². The molecular formula is C18H32Si. The van der Waals surface area contributed by atoms with Gasteiger partial charge >= 0.3 is 0 Å². The zero-order valence-electron chi connectivity index (χ0n) is 13.2. The van der Waals surface area contributed by atoms with E-state index in [9.17, 15) is 0 Å². The molecule has 0 saturated heterocycles. The lowest BCUT2D eigenvalue weighted by Gasteiger charge is -2.31. The highest BCUT2D eigenvalue weighted by Crippen LogP contribution is 2.40. The second-order valence-electron chi connectivity index (χ2n) is 6.22. The minimum atomic E-state index is -0.687. The molecule has 1 heteroatoms. The van der Waals surface area contributed by atoms with Gasteiger partial charge in [-0.1, -0.05) is 88.6 Å². The van der Waals surface area contributed by atoms with Gasteiger partial charge in [-0.05, 0) is 19.3 Å². The van der Waals surface area contributed by atoms with Crippen LogP contribution in [0.4, 0.5) is 0 Å². The lowest BCUT2D eigenvalue weighted by molar-refractivity contribution is 0.610. The molecule has 0 amide bonds. The van der Waals surface area contributed by atoms with Crippen LogP contribution in [0.25, 0.3) is 0 Å². The van der Waals surface area contributed by atoms with Crippen LogP contribution < -0.4 is 0 Å². The molecule has 1 aliphatic carbocycles. The van der Waals surface area contributed by atoms with Crippen LogP contribution in [-0.4, -0.2) is 8.80 Å². The Kier molecular flexibility index (Phi) is 8.12. The first-order valence-electron chi connectivity index (χ1n) is 8.23. The molecule has 0 saturated carbocycles. The van der Waals surface area contributed by atoms with Crippen molar-refractivity contribution in [2.24, 2.45) is 0 Å². The van der Waals surface area contributed by atoms with Crippen molar-refractivity contribution in [3.8, 4) is 0 Å². The highest BCUT2D eigenvalue weighted by atomic mass is 28.3. The van der Waals surface area contributed by atoms with E-state index in [0.717, 1.165) is 0 Å². The first kappa shape index (κ1) is 16.5. The summed E-state index contributed by atoms with van der Waals surface area (Å²) in [6.07, 6.45) is 25.1. The third kappa shape index (κ3) is 5.95. The molecule has 0 heterocycles. The van der Waals surface area contributed by atoms with E-state index in [2.05, 4.69) is 56.5 Å². The maximum absolute atomic E-state index is 2.52. The van der Waals surface area contributed by atoms with Crippen LogP contribution in [0, 0.1) is 0 Å². The second-order valence-corrected chi connectivity index (χ2v) is 9.60. The molecule has 0 bridgehead atoms. The van der Waals surface area contributed by atoms with Crippen LogP contribution in [-0.2, 0) is 0 Å². The fraction of sp³-hybridized carbons (Fsp3) is 0.667. The smallest absolute Gasteiger partial charge is 0.0471 e. The summed E-state index contributed by atoms with van der Waals surface area (Å²) in [6, 6.07) is 0. The van der Waals surface area contributed by atoms with Gasteiger partial charge in [0.1, 0.15) is 0 Å². The molecule has 0 radical (unpaired) electrons. The molecule has 0 aromatic carbocycles. The van der Waals surface area contributed by atoms with Crippen molar-refractivity contribution in [2.45, 2.75) is 76.4 Å². The van der Waals surface area contributed by atoms with E-state index in [0.29, 0.717) is 5.04 Å². The lowest BCUT2D eigenvalue weighted by atomic mass is 9.98. The van der Waals surface area contributed by atoms with Crippen molar-refractivity contribution >= 4 is 8.80 Å². The molecule has 1 rings (SSSR count). The molecule has 0 spiro atoms. The largest absolute Gasteiger partial charge is 0.0880 e. The summed E-state index contributed by atoms with van der Waals surface area (Å²) in [5.74, 6) is 0. The Labute approximate surface area is 122 Å². The number of allylic oxidation sites excluding steroid dienone is 6. The third-order valence-corrected chi connectivity index (χ3v) is 7.12. The van der Waals surface area contributed by atoms with E-state index in [1.807, 2.05) is 0 Å². The first-order valence-corrected chi connectivity index (χ1v) is 11.1. The van der Waals surface area contributed by atoms with E-state index >= 15 is 0 Å². The summed E-state index contributed by atoms with van der Waals surface area (Å²) >= 11 is 0. The molecule has 1 unspecified atom stereocenters. The number of rotatable bonds is 9. The van der Waals surface area contributed by atoms with Crippen molar-refractivity contribution in [3.05, 3.63) is 36.5 Å². The van der Waals surface area contributed by atoms with Gasteiger partial charge in [-0.3, -0.25) is 0 Å². The third-order valence-electron chi connectivity index (χ3n) is 4.35. The quantitative estimate of drug-likeness (QED) is 0.274. The summed E-state index contributed by atoms with van der Waals surface area (Å²) in [6.45, 7) is 7.22. The van der Waals surface area contributed by atoms with Gasteiger partial charge < -0.3 is 0 Å². The minimum absolute atomic E-state index is 0.414. The van der Waals surface area contributed by atoms with Gasteiger partial charge in [0.15, 0.2) is 0 Å². The fourth-order valence-corrected chi connectivity index (χ4v) is 4.37. The van der Waals surface area contributed by atoms with Crippen LogP contribution >= 0.6 is 0 Å². The van der Waals surface area contributed by atoms with E-state index in [4.69, 9.17) is 0 Å². The molecule has 1 atom stereocenters. The Balaban J connectivity index is 2.26. The monoisotopic (exact) mass is 276 g/mol. The Bertz CT molecular complexity index is 312. The first-order chi connectivity index (χ1) is 9.21. The van der Waals surface area contributed by atoms with E-state index in [1.165, 1.54) is 51.4 Å². The average molecular weight is 277 g/mol. The van der Waals surface area contributed by atoms with Gasteiger partial charge in [0.2, 0.25) is 0 Å². The normalized spacial score (nSPS) is 22.7. The van der Waals surface area contributed by atoms with E-state index in [1.54, 1.807) is 0 Å². The van der Waals surface area contributed by atoms with Crippen LogP contribution in [0.3, 0.4) is 0 Å². The van der Waals surface area contributed by atoms with Gasteiger partial charge in [-0.15, -0.1) is 0 Å². The Hall–Kier alpha value is -0.563. The number of hydrogen-bond donors (Lipinski definition) is 0. The Morgan fingerprint density at radius 2 is 1.79 bits per heavy atom. The maximum Gasteiger partial charge on any atom is 0.0471 e. The van der Waals surface area contributed by atoms with E-state index in [-0.39, 0.29) is 0 Å². The molecular weight excluding hydrogens is 244 g/mol. The van der Waals surface area contributed by atoms with Crippen LogP contribution in [0.1, 0.15) is 58.3 Å². The van der Waals surface area contributed by atoms with Crippen molar-refractivity contribution in [1.82, 2.24) is 0 Å². The second kappa shape index (κ2) is 9.36. The molecule has 108 valence electrons. The standard InChI is InChI=1S/C18H32Si/c1-4-5-6-7-8-9-10-12-15-18(19(2)3)16-13-11-14-17-18/h11-16,19H,4-10,17H2,1-3H3. The predicted molar refractivity (Wildman–Crippen MR) is 91.6 cm³/mol. The summed E-state index contributed by atoms with van der Waals surface area (Å²) in [5.41, 5.74) is 0. The molecule has 0 fully saturated rings. The fourth-order valence-electron chi connectivity index (χ4n) is 2.74. The summed E-state index contributed by atoms with van der Waals surface area (Å²) in [5, 5.41) is 0.414. The van der Waals surface area contributed by atoms with Crippen molar-refractivity contribution in [2.75, 3.05) is 0 Å². The Morgan fingerprint density at radius 1 is 1.05 bits per heavy atom. The van der Waals surface area contributed by atoms with Crippen LogP contribution in [0.2, 0.25) is 18.1 Å². The van der Waals surface area contributed by atoms with Crippen LogP contribution in [0.5, 0.6) is 0 Å². The zero-order chi connectivity index (χ0) is 14.0. The molecule has 0 N–H and O–H groups in total. The predicted octanol–water partition coefficient (Wildman–Crippen LogP) is 6.04. The van der Waals surface area contributed by atoms with Crippen molar-refractivity contribution < 1.29 is 0 Å². The van der Waals surface area contributed by atoms with Gasteiger partial charge in [0.05, 0.1) is 0 Å². The lowest BCUT2D eigenvalue weighted by Crippen LogP contribution is -2.23. The Morgan fingerprint density at radius 3 is 2.42 bits per heavy atom. The molecule has 0 aromatic rings. The van der Waals surface area contributed by atoms with Crippen molar-refractivity contribution in [3.63, 3.8) is 0 Å². The van der Waals surface area contributed by atoms with Crippen molar-refractivity contribution in [1.29, 1.82) is 0 Å². The van der Waals surface area contributed by atoms with Crippen LogP contribution in [0.15, 0.2) is 36.5 Å². The highest BCUT2D eigenvalue weighted by molar-refractivity contribution is 6.61. The van der Waals surface area contributed by atoms with Gasteiger partial charge in [0.25, 0.3) is 0 Å². The number of hydrogen-bond acceptors (Lipinski definition) is 0. The van der Waals surface area contributed by atoms with Gasteiger partial charge in [0, 0.05) is 13.8 Å². The van der Waals surface area contributed by atoms with E-state index < -0.39 is 8.80 Å². The topological polar surface area (TPSA) is 0 Å². The summed E-state index contributed by atoms with van der Waals surface area (Å²) in [7, 11) is -0.687. The highest BCUT2D eigenvalue weighted by Gasteiger charge is 2.28. The SMILES string of the molecule is CCCCCCCCC=CC1([SiH](C)C)C=CC=CC1. The molecule has 19 heavy (non-hydrogen) atoms. The summed E-state index contributed by atoms with van der Waals surface area (Å²) < 4.78 is 0. The maximum atomic E-state index is 2.52. The molecule has 0 nitrogen and oxygen atoms in total.